The average Bonchev–Trinajstić information content (AvgIpc) is 2.46. The van der Waals surface area contributed by atoms with E-state index >= 15 is 0 Å². The molecule has 492 valence electrons. The number of hydrogen-bond acceptors (Lipinski definition) is 13. The lowest BCUT2D eigenvalue weighted by Crippen LogP contribution is -2.65. The molecule has 2 aliphatic heterocycles. The molecule has 2 aliphatic rings. The molecule has 0 aliphatic carbocycles. The molecule has 12 unspecified atom stereocenters. The number of allylic oxidation sites excluding steroid dienone is 19. The van der Waals surface area contributed by atoms with Gasteiger partial charge in [-0.15, -0.1) is 0 Å². The number of aliphatic hydroxyl groups is 8. The number of rotatable bonds is 53. The molecule has 2 saturated heterocycles. The smallest absolute Gasteiger partial charge is 0.220 e. The monoisotopic (exact) mass is 1210 g/mol. The lowest BCUT2D eigenvalue weighted by molar-refractivity contribution is -0.359. The SMILES string of the molecule is CC/C=C\C/C=C\C/C=C\C/C=C\C/C=C\C/C=C\C/C=C\C/C=C\C/C=C\CCCCCCCCCC(=O)NC(COC1OC(CO)C(OC2OC(CO)C(O)C(O)C2O)C(O)C1O)C(O)/C=C/CCCCCCCCCCCCCCCCC. The lowest BCUT2D eigenvalue weighted by atomic mass is 9.97. The van der Waals surface area contributed by atoms with Gasteiger partial charge in [-0.05, 0) is 89.9 Å². The third kappa shape index (κ3) is 39.4. The van der Waals surface area contributed by atoms with Gasteiger partial charge in [-0.25, -0.2) is 0 Å². The van der Waals surface area contributed by atoms with Gasteiger partial charge < -0.3 is 65.1 Å². The van der Waals surface area contributed by atoms with Gasteiger partial charge in [-0.2, -0.15) is 0 Å². The maximum atomic E-state index is 13.3. The third-order valence-electron chi connectivity index (χ3n) is 15.7. The van der Waals surface area contributed by atoms with Crippen LogP contribution in [-0.4, -0.2) is 140 Å². The number of amides is 1. The summed E-state index contributed by atoms with van der Waals surface area (Å²) in [6, 6.07) is -0.930. The van der Waals surface area contributed by atoms with Crippen molar-refractivity contribution < 1.29 is 64.6 Å². The molecule has 0 aromatic heterocycles. The topological polar surface area (TPSA) is 228 Å². The van der Waals surface area contributed by atoms with Gasteiger partial charge in [0, 0.05) is 6.42 Å². The van der Waals surface area contributed by atoms with Crippen molar-refractivity contribution in [3.63, 3.8) is 0 Å². The molecule has 12 atom stereocenters. The first-order valence-electron chi connectivity index (χ1n) is 33.8. The molecule has 1 amide bonds. The number of ether oxygens (including phenoxy) is 4. The Hall–Kier alpha value is -3.61. The second kappa shape index (κ2) is 55.5. The maximum Gasteiger partial charge on any atom is 0.220 e. The molecule has 0 saturated carbocycles. The zero-order valence-corrected chi connectivity index (χ0v) is 53.3. The highest BCUT2D eigenvalue weighted by Crippen LogP contribution is 2.30. The van der Waals surface area contributed by atoms with Gasteiger partial charge in [-0.1, -0.05) is 257 Å². The van der Waals surface area contributed by atoms with Gasteiger partial charge in [0.25, 0.3) is 0 Å². The van der Waals surface area contributed by atoms with Crippen molar-refractivity contribution >= 4 is 5.91 Å². The van der Waals surface area contributed by atoms with E-state index in [9.17, 15) is 45.6 Å². The van der Waals surface area contributed by atoms with Crippen molar-refractivity contribution in [2.75, 3.05) is 19.8 Å². The van der Waals surface area contributed by atoms with Gasteiger partial charge in [0.2, 0.25) is 5.91 Å². The van der Waals surface area contributed by atoms with Crippen LogP contribution >= 0.6 is 0 Å². The molecule has 2 rings (SSSR count). The van der Waals surface area contributed by atoms with Crippen LogP contribution in [0.3, 0.4) is 0 Å². The molecule has 86 heavy (non-hydrogen) atoms. The standard InChI is InChI=1S/C72H121NO13/c1-3-5-7-9-11-13-15-17-19-21-22-23-24-25-26-27-28-29-30-31-32-33-34-35-36-37-38-40-42-44-46-48-50-52-54-56-64(77)73-60(61(76)55-53-51-49-47-45-43-41-39-20-18-16-14-12-10-8-6-4-2)59-83-71-69(82)67(80)70(63(58-75)85-71)86-72-68(81)66(79)65(78)62(57-74)84-72/h5,7,11,13,17,19,22-23,25-26,28-29,31-32,34-35,37-38,53,55,60-63,65-72,74-76,78-82H,3-4,6,8-10,12,14-16,18,20-21,24,27,30,33,36,39-52,54,56-59H2,1-2H3,(H,73,77)/b7-5-,13-11-,19-17-,23-22-,26-25-,29-28-,32-31-,35-34-,38-37-,55-53+. The molecule has 14 heteroatoms. The van der Waals surface area contributed by atoms with Crippen LogP contribution in [0.1, 0.15) is 232 Å². The molecular weight excluding hydrogens is 1090 g/mol. The number of unbranched alkanes of at least 4 members (excludes halogenated alkanes) is 22. The highest BCUT2D eigenvalue weighted by Gasteiger charge is 2.51. The number of carbonyl (C=O) groups excluding carboxylic acids is 1. The Balaban J connectivity index is 1.69. The first kappa shape index (κ1) is 78.5. The van der Waals surface area contributed by atoms with E-state index in [0.717, 1.165) is 122 Å². The predicted molar refractivity (Wildman–Crippen MR) is 350 cm³/mol. The van der Waals surface area contributed by atoms with Crippen molar-refractivity contribution in [2.24, 2.45) is 0 Å². The first-order valence-corrected chi connectivity index (χ1v) is 33.8. The van der Waals surface area contributed by atoms with E-state index in [0.29, 0.717) is 6.42 Å². The lowest BCUT2D eigenvalue weighted by Gasteiger charge is -2.46. The van der Waals surface area contributed by atoms with E-state index in [2.05, 4.69) is 129 Å². The normalized spacial score (nSPS) is 24.2. The van der Waals surface area contributed by atoms with E-state index in [4.69, 9.17) is 18.9 Å². The Morgan fingerprint density at radius 1 is 0.430 bits per heavy atom. The van der Waals surface area contributed by atoms with Crippen molar-refractivity contribution in [2.45, 2.75) is 306 Å². The summed E-state index contributed by atoms with van der Waals surface area (Å²) in [5.41, 5.74) is 0. The van der Waals surface area contributed by atoms with Crippen LogP contribution in [0.4, 0.5) is 0 Å². The zero-order valence-electron chi connectivity index (χ0n) is 53.3. The van der Waals surface area contributed by atoms with E-state index < -0.39 is 86.8 Å². The van der Waals surface area contributed by atoms with Crippen molar-refractivity contribution in [1.82, 2.24) is 5.32 Å². The Kier molecular flexibility index (Phi) is 50.6. The van der Waals surface area contributed by atoms with Crippen LogP contribution in [0.25, 0.3) is 0 Å². The van der Waals surface area contributed by atoms with Gasteiger partial charge in [0.05, 0.1) is 32.0 Å². The minimum Gasteiger partial charge on any atom is -0.394 e. The van der Waals surface area contributed by atoms with E-state index in [1.54, 1.807) is 6.08 Å². The zero-order chi connectivity index (χ0) is 62.3. The van der Waals surface area contributed by atoms with Crippen LogP contribution in [-0.2, 0) is 23.7 Å². The number of hydrogen-bond donors (Lipinski definition) is 9. The summed E-state index contributed by atoms with van der Waals surface area (Å²) in [6.45, 7) is 2.67. The fourth-order valence-electron chi connectivity index (χ4n) is 10.3. The summed E-state index contributed by atoms with van der Waals surface area (Å²) in [6.07, 6.45) is 63.8. The van der Waals surface area contributed by atoms with Gasteiger partial charge in [0.1, 0.15) is 48.8 Å². The van der Waals surface area contributed by atoms with Crippen molar-refractivity contribution in [3.05, 3.63) is 122 Å². The summed E-state index contributed by atoms with van der Waals surface area (Å²) in [5, 5.41) is 87.3. The van der Waals surface area contributed by atoms with Gasteiger partial charge in [0.15, 0.2) is 12.6 Å². The molecule has 14 nitrogen and oxygen atoms in total. The maximum absolute atomic E-state index is 13.3. The highest BCUT2D eigenvalue weighted by atomic mass is 16.7. The minimum absolute atomic E-state index is 0.255. The van der Waals surface area contributed by atoms with Crippen molar-refractivity contribution in [1.29, 1.82) is 0 Å². The summed E-state index contributed by atoms with van der Waals surface area (Å²) < 4.78 is 22.8. The van der Waals surface area contributed by atoms with Crippen molar-refractivity contribution in [3.8, 4) is 0 Å². The second-order valence-corrected chi connectivity index (χ2v) is 23.2. The fourth-order valence-corrected chi connectivity index (χ4v) is 10.3. The number of carbonyl (C=O) groups is 1. The predicted octanol–water partition coefficient (Wildman–Crippen LogP) is 13.3. The molecule has 9 N–H and O–H groups in total. The van der Waals surface area contributed by atoms with E-state index in [-0.39, 0.29) is 18.9 Å². The Morgan fingerprint density at radius 3 is 1.23 bits per heavy atom. The van der Waals surface area contributed by atoms with Crippen LogP contribution in [0, 0.1) is 0 Å². The summed E-state index contributed by atoms with van der Waals surface area (Å²) >= 11 is 0. The third-order valence-corrected chi connectivity index (χ3v) is 15.7. The van der Waals surface area contributed by atoms with Gasteiger partial charge in [-0.3, -0.25) is 4.79 Å². The first-order chi connectivity index (χ1) is 42.1. The average molecular weight is 1210 g/mol. The molecule has 0 radical (unpaired) electrons. The molecular formula is C72H121NO13. The molecule has 0 bridgehead atoms. The van der Waals surface area contributed by atoms with Crippen LogP contribution in [0.15, 0.2) is 122 Å². The van der Waals surface area contributed by atoms with E-state index in [1.807, 2.05) is 6.08 Å². The molecule has 0 aromatic carbocycles. The Labute approximate surface area is 520 Å². The molecule has 0 spiro atoms. The summed E-state index contributed by atoms with van der Waals surface area (Å²) in [7, 11) is 0. The molecule has 2 heterocycles. The quantitative estimate of drug-likeness (QED) is 0.0204. The van der Waals surface area contributed by atoms with E-state index in [1.165, 1.54) is 83.5 Å². The van der Waals surface area contributed by atoms with Crippen LogP contribution < -0.4 is 5.32 Å². The Bertz CT molecular complexity index is 1910. The molecule has 0 aromatic rings. The van der Waals surface area contributed by atoms with Gasteiger partial charge >= 0.3 is 0 Å². The molecule has 2 fully saturated rings. The summed E-state index contributed by atoms with van der Waals surface area (Å²) in [4.78, 5) is 13.3. The highest BCUT2D eigenvalue weighted by molar-refractivity contribution is 5.76. The van der Waals surface area contributed by atoms with Crippen LogP contribution in [0.5, 0.6) is 0 Å². The van der Waals surface area contributed by atoms with Crippen LogP contribution in [0.2, 0.25) is 0 Å². The second-order valence-electron chi connectivity index (χ2n) is 23.2. The Morgan fingerprint density at radius 2 is 0.802 bits per heavy atom. The number of aliphatic hydroxyl groups excluding tert-OH is 8. The number of nitrogens with one attached hydrogen (secondary N) is 1. The summed E-state index contributed by atoms with van der Waals surface area (Å²) in [5.74, 6) is -0.255. The largest absolute Gasteiger partial charge is 0.394 e. The fraction of sp³-hybridized carbons (Fsp3) is 0.708. The minimum atomic E-state index is -1.80.